The Morgan fingerprint density at radius 2 is 1.79 bits per heavy atom. The zero-order valence-corrected chi connectivity index (χ0v) is 11.3. The Kier molecular flexibility index (Phi) is 3.70. The van der Waals surface area contributed by atoms with E-state index in [1.54, 1.807) is 0 Å². The first kappa shape index (κ1) is 14.5. The summed E-state index contributed by atoms with van der Waals surface area (Å²) < 4.78 is 59.4. The van der Waals surface area contributed by atoms with Crippen LogP contribution in [0.15, 0.2) is 29.2 Å². The summed E-state index contributed by atoms with van der Waals surface area (Å²) in [4.78, 5) is 1.16. The van der Waals surface area contributed by atoms with E-state index < -0.39 is 20.2 Å². The number of benzene rings is 1. The van der Waals surface area contributed by atoms with Crippen molar-refractivity contribution in [3.63, 3.8) is 0 Å². The third kappa shape index (κ3) is 2.81. The van der Waals surface area contributed by atoms with Crippen LogP contribution < -0.4 is 4.90 Å². The van der Waals surface area contributed by atoms with Gasteiger partial charge in [0.25, 0.3) is 9.84 Å². The number of rotatable bonds is 2. The molecule has 0 spiro atoms. The summed E-state index contributed by atoms with van der Waals surface area (Å²) in [7, 11) is -5.27. The van der Waals surface area contributed by atoms with Crippen molar-refractivity contribution < 1.29 is 21.6 Å². The van der Waals surface area contributed by atoms with Gasteiger partial charge >= 0.3 is 5.51 Å². The summed E-state index contributed by atoms with van der Waals surface area (Å²) in [5.41, 5.74) is -4.60. The van der Waals surface area contributed by atoms with Crippen LogP contribution in [-0.2, 0) is 9.84 Å². The minimum atomic E-state index is -5.27. The van der Waals surface area contributed by atoms with Crippen molar-refractivity contribution in [2.75, 3.05) is 18.0 Å². The van der Waals surface area contributed by atoms with Crippen LogP contribution in [0.1, 0.15) is 6.42 Å². The summed E-state index contributed by atoms with van der Waals surface area (Å²) in [6, 6.07) is 4.68. The van der Waals surface area contributed by atoms with Gasteiger partial charge in [0, 0.05) is 18.8 Å². The Morgan fingerprint density at radius 3 is 2.21 bits per heavy atom. The van der Waals surface area contributed by atoms with E-state index in [9.17, 15) is 21.6 Å². The first-order valence-corrected chi connectivity index (χ1v) is 7.44. The maximum atomic E-state index is 12.4. The number of hydrogen-bond acceptors (Lipinski definition) is 3. The highest BCUT2D eigenvalue weighted by atomic mass is 35.5. The van der Waals surface area contributed by atoms with Crippen LogP contribution in [0.5, 0.6) is 0 Å². The highest BCUT2D eigenvalue weighted by Gasteiger charge is 2.46. The quantitative estimate of drug-likeness (QED) is 0.788. The van der Waals surface area contributed by atoms with Gasteiger partial charge in [0.1, 0.15) is 0 Å². The average molecular weight is 314 g/mol. The second kappa shape index (κ2) is 4.86. The fraction of sp³-hybridized carbons (Fsp3) is 0.455. The summed E-state index contributed by atoms with van der Waals surface area (Å²) in [6.07, 6.45) is 0.796. The second-order valence-electron chi connectivity index (χ2n) is 4.28. The molecular formula is C11H11ClF3NO2S. The van der Waals surface area contributed by atoms with Crippen LogP contribution >= 0.6 is 11.6 Å². The molecule has 0 aromatic heterocycles. The summed E-state index contributed by atoms with van der Waals surface area (Å²) in [6.45, 7) is 1.31. The molecule has 3 nitrogen and oxygen atoms in total. The smallest absolute Gasteiger partial charge is 0.370 e. The molecule has 19 heavy (non-hydrogen) atoms. The van der Waals surface area contributed by atoms with Gasteiger partial charge in [-0.05, 0) is 30.7 Å². The van der Waals surface area contributed by atoms with Gasteiger partial charge in [0.05, 0.1) is 10.3 Å². The van der Waals surface area contributed by atoms with Crippen molar-refractivity contribution in [3.05, 3.63) is 24.3 Å². The lowest BCUT2D eigenvalue weighted by Gasteiger charge is -2.18. The molecule has 1 atom stereocenters. The van der Waals surface area contributed by atoms with E-state index in [1.807, 2.05) is 4.90 Å². The Balaban J connectivity index is 2.24. The minimum Gasteiger partial charge on any atom is -0.370 e. The van der Waals surface area contributed by atoms with Crippen LogP contribution in [0.25, 0.3) is 0 Å². The molecular weight excluding hydrogens is 303 g/mol. The maximum Gasteiger partial charge on any atom is 0.501 e. The largest absolute Gasteiger partial charge is 0.501 e. The normalized spacial score (nSPS) is 20.8. The van der Waals surface area contributed by atoms with E-state index in [2.05, 4.69) is 0 Å². The van der Waals surface area contributed by atoms with E-state index >= 15 is 0 Å². The number of nitrogens with zero attached hydrogens (tertiary/aromatic N) is 1. The lowest BCUT2D eigenvalue weighted by Crippen LogP contribution is -2.23. The van der Waals surface area contributed by atoms with E-state index in [1.165, 1.54) is 12.1 Å². The molecule has 2 rings (SSSR count). The van der Waals surface area contributed by atoms with Crippen LogP contribution in [-0.4, -0.2) is 32.4 Å². The molecule has 106 valence electrons. The lowest BCUT2D eigenvalue weighted by molar-refractivity contribution is -0.0436. The molecule has 0 aliphatic carbocycles. The van der Waals surface area contributed by atoms with Gasteiger partial charge in [0.15, 0.2) is 0 Å². The number of anilines is 1. The molecule has 1 heterocycles. The van der Waals surface area contributed by atoms with E-state index in [0.717, 1.165) is 18.6 Å². The van der Waals surface area contributed by atoms with Crippen LogP contribution in [0.2, 0.25) is 0 Å². The Morgan fingerprint density at radius 1 is 1.21 bits per heavy atom. The molecule has 1 aromatic rings. The second-order valence-corrected chi connectivity index (χ2v) is 6.83. The third-order valence-corrected chi connectivity index (χ3v) is 4.81. The minimum absolute atomic E-state index is 0.0126. The van der Waals surface area contributed by atoms with Gasteiger partial charge in [-0.2, -0.15) is 13.2 Å². The number of alkyl halides is 4. The molecule has 0 radical (unpaired) electrons. The number of halogens is 4. The molecule has 1 aliphatic heterocycles. The van der Waals surface area contributed by atoms with Gasteiger partial charge < -0.3 is 4.90 Å². The van der Waals surface area contributed by atoms with E-state index in [-0.39, 0.29) is 5.38 Å². The van der Waals surface area contributed by atoms with E-state index in [0.29, 0.717) is 18.8 Å². The molecule has 1 unspecified atom stereocenters. The van der Waals surface area contributed by atoms with Crippen molar-refractivity contribution in [1.82, 2.24) is 0 Å². The zero-order valence-electron chi connectivity index (χ0n) is 9.69. The fourth-order valence-electron chi connectivity index (χ4n) is 1.92. The highest BCUT2D eigenvalue weighted by molar-refractivity contribution is 7.92. The fourth-order valence-corrected chi connectivity index (χ4v) is 2.95. The first-order chi connectivity index (χ1) is 8.72. The topological polar surface area (TPSA) is 37.4 Å². The van der Waals surface area contributed by atoms with Crippen LogP contribution in [0, 0.1) is 0 Å². The molecule has 0 amide bonds. The van der Waals surface area contributed by atoms with Crippen molar-refractivity contribution in [2.24, 2.45) is 0 Å². The SMILES string of the molecule is O=S(=O)(c1ccc(N2CCC(Cl)C2)cc1)C(F)(F)F. The van der Waals surface area contributed by atoms with Crippen molar-refractivity contribution >= 4 is 27.1 Å². The number of sulfone groups is 1. The lowest BCUT2D eigenvalue weighted by atomic mass is 10.3. The van der Waals surface area contributed by atoms with Gasteiger partial charge in [0.2, 0.25) is 0 Å². The molecule has 8 heteroatoms. The van der Waals surface area contributed by atoms with Crippen LogP contribution in [0.4, 0.5) is 18.9 Å². The molecule has 1 saturated heterocycles. The van der Waals surface area contributed by atoms with E-state index in [4.69, 9.17) is 11.6 Å². The average Bonchev–Trinajstić information content (AvgIpc) is 2.74. The predicted molar refractivity (Wildman–Crippen MR) is 66.2 cm³/mol. The highest BCUT2D eigenvalue weighted by Crippen LogP contribution is 2.31. The molecule has 0 saturated carbocycles. The summed E-state index contributed by atoms with van der Waals surface area (Å²) in [5, 5.41) is 0.0126. The van der Waals surface area contributed by atoms with Gasteiger partial charge in [-0.15, -0.1) is 11.6 Å². The summed E-state index contributed by atoms with van der Waals surface area (Å²) >= 11 is 5.93. The van der Waals surface area contributed by atoms with Gasteiger partial charge in [-0.1, -0.05) is 0 Å². The van der Waals surface area contributed by atoms with Crippen molar-refractivity contribution in [1.29, 1.82) is 0 Å². The number of hydrogen-bond donors (Lipinski definition) is 0. The monoisotopic (exact) mass is 313 g/mol. The van der Waals surface area contributed by atoms with Crippen molar-refractivity contribution in [2.45, 2.75) is 22.2 Å². The zero-order chi connectivity index (χ0) is 14.3. The van der Waals surface area contributed by atoms with Crippen molar-refractivity contribution in [3.8, 4) is 0 Å². The Hall–Kier alpha value is -0.950. The van der Waals surface area contributed by atoms with Crippen LogP contribution in [0.3, 0.4) is 0 Å². The molecule has 1 fully saturated rings. The molecule has 1 aromatic carbocycles. The predicted octanol–water partition coefficient (Wildman–Crippen LogP) is 2.80. The maximum absolute atomic E-state index is 12.4. The molecule has 1 aliphatic rings. The summed E-state index contributed by atoms with van der Waals surface area (Å²) in [5.74, 6) is 0. The Bertz CT molecular complexity index is 556. The first-order valence-electron chi connectivity index (χ1n) is 5.52. The van der Waals surface area contributed by atoms with Gasteiger partial charge in [-0.3, -0.25) is 0 Å². The molecule has 0 bridgehead atoms. The van der Waals surface area contributed by atoms with Gasteiger partial charge in [-0.25, -0.2) is 8.42 Å². The standard InChI is InChI=1S/C11H11ClF3NO2S/c12-8-5-6-16(7-8)9-1-3-10(4-2-9)19(17,18)11(13,14)15/h1-4,8H,5-7H2. The third-order valence-electron chi connectivity index (χ3n) is 2.95. The Labute approximate surface area is 113 Å². The molecule has 0 N–H and O–H groups in total.